The van der Waals surface area contributed by atoms with E-state index >= 15 is 0 Å². The molecule has 1 fully saturated rings. The summed E-state index contributed by atoms with van der Waals surface area (Å²) in [4.78, 5) is 3.78. The molecule has 2 rings (SSSR count). The number of nitrogens with two attached hydrogens (primary N) is 1. The van der Waals surface area contributed by atoms with Gasteiger partial charge in [0.05, 0.1) is 0 Å². The number of aromatic nitrogens is 1. The van der Waals surface area contributed by atoms with Crippen LogP contribution in [0.5, 0.6) is 0 Å². The van der Waals surface area contributed by atoms with Gasteiger partial charge in [-0.3, -0.25) is 0 Å². The van der Waals surface area contributed by atoms with Gasteiger partial charge in [0, 0.05) is 28.2 Å². The molecule has 1 aromatic heterocycles. The summed E-state index contributed by atoms with van der Waals surface area (Å²) < 4.78 is 14.6. The highest BCUT2D eigenvalue weighted by atomic mass is 79.9. The van der Waals surface area contributed by atoms with Crippen LogP contribution in [0.4, 0.5) is 4.39 Å². The van der Waals surface area contributed by atoms with E-state index in [9.17, 15) is 4.39 Å². The quantitative estimate of drug-likeness (QED) is 0.849. The molecule has 0 atom stereocenters. The average molecular weight is 287 g/mol. The Morgan fingerprint density at radius 2 is 2.06 bits per heavy atom. The van der Waals surface area contributed by atoms with Gasteiger partial charge in [0.15, 0.2) is 0 Å². The number of rotatable bonds is 2. The first-order valence-corrected chi connectivity index (χ1v) is 6.49. The molecule has 1 aromatic rings. The van der Waals surface area contributed by atoms with Gasteiger partial charge in [-0.05, 0) is 34.8 Å². The van der Waals surface area contributed by atoms with Gasteiger partial charge in [-0.15, -0.1) is 0 Å². The molecule has 1 saturated carbocycles. The molecule has 1 aliphatic rings. The summed E-state index contributed by atoms with van der Waals surface area (Å²) in [6.45, 7) is 0.502. The molecular weight excluding hydrogens is 271 g/mol. The monoisotopic (exact) mass is 286 g/mol. The maximum atomic E-state index is 13.8. The summed E-state index contributed by atoms with van der Waals surface area (Å²) in [5.41, 5.74) is 6.37. The molecule has 0 amide bonds. The lowest BCUT2D eigenvalue weighted by Gasteiger charge is -2.36. The van der Waals surface area contributed by atoms with Crippen molar-refractivity contribution in [3.63, 3.8) is 0 Å². The normalized spacial score (nSPS) is 19.7. The molecule has 1 heterocycles. The van der Waals surface area contributed by atoms with E-state index in [1.54, 1.807) is 0 Å². The van der Waals surface area contributed by atoms with Crippen molar-refractivity contribution in [3.05, 3.63) is 28.2 Å². The van der Waals surface area contributed by atoms with Gasteiger partial charge in [-0.25, -0.2) is 4.98 Å². The molecular formula is C12H16BrFN2. The van der Waals surface area contributed by atoms with E-state index in [1.807, 2.05) is 6.07 Å². The summed E-state index contributed by atoms with van der Waals surface area (Å²) in [5.74, 6) is -0.365. The molecule has 1 aliphatic carbocycles. The highest BCUT2D eigenvalue weighted by Gasteiger charge is 2.35. The number of pyridine rings is 1. The highest BCUT2D eigenvalue weighted by Crippen LogP contribution is 2.40. The second-order valence-electron chi connectivity index (χ2n) is 4.54. The Bertz CT molecular complexity index is 375. The van der Waals surface area contributed by atoms with Crippen molar-refractivity contribution in [1.29, 1.82) is 0 Å². The molecule has 0 radical (unpaired) electrons. The second kappa shape index (κ2) is 4.80. The van der Waals surface area contributed by atoms with Gasteiger partial charge in [-0.2, -0.15) is 4.39 Å². The zero-order valence-electron chi connectivity index (χ0n) is 9.18. The number of hydrogen-bond donors (Lipinski definition) is 1. The Morgan fingerprint density at radius 1 is 1.38 bits per heavy atom. The first-order chi connectivity index (χ1) is 7.68. The van der Waals surface area contributed by atoms with Crippen LogP contribution in [-0.4, -0.2) is 11.5 Å². The van der Waals surface area contributed by atoms with Crippen molar-refractivity contribution in [3.8, 4) is 0 Å². The Balaban J connectivity index is 2.42. The van der Waals surface area contributed by atoms with Crippen molar-refractivity contribution in [1.82, 2.24) is 4.98 Å². The zero-order chi connectivity index (χ0) is 11.6. The lowest BCUT2D eigenvalue weighted by molar-refractivity contribution is 0.289. The Kier molecular flexibility index (Phi) is 3.60. The molecule has 16 heavy (non-hydrogen) atoms. The lowest BCUT2D eigenvalue weighted by Crippen LogP contribution is -2.38. The Morgan fingerprint density at radius 3 is 2.69 bits per heavy atom. The summed E-state index contributed by atoms with van der Waals surface area (Å²) in [7, 11) is 0. The van der Waals surface area contributed by atoms with E-state index in [1.165, 1.54) is 12.6 Å². The summed E-state index contributed by atoms with van der Waals surface area (Å²) in [6, 6.07) is 1.83. The van der Waals surface area contributed by atoms with Crippen LogP contribution in [0.3, 0.4) is 0 Å². The third-order valence-electron chi connectivity index (χ3n) is 3.58. The lowest BCUT2D eigenvalue weighted by atomic mass is 9.70. The minimum atomic E-state index is -0.365. The summed E-state index contributed by atoms with van der Waals surface area (Å²) in [5, 5.41) is 0. The predicted molar refractivity (Wildman–Crippen MR) is 65.7 cm³/mol. The topological polar surface area (TPSA) is 38.9 Å². The van der Waals surface area contributed by atoms with Gasteiger partial charge < -0.3 is 5.73 Å². The molecule has 0 spiro atoms. The second-order valence-corrected chi connectivity index (χ2v) is 5.45. The average Bonchev–Trinajstić information content (AvgIpc) is 2.33. The van der Waals surface area contributed by atoms with Crippen LogP contribution in [0.1, 0.15) is 37.7 Å². The molecule has 2 nitrogen and oxygen atoms in total. The fourth-order valence-corrected chi connectivity index (χ4v) is 2.94. The van der Waals surface area contributed by atoms with Gasteiger partial charge in [0.2, 0.25) is 5.95 Å². The maximum absolute atomic E-state index is 13.8. The van der Waals surface area contributed by atoms with Gasteiger partial charge in [0.25, 0.3) is 0 Å². The SMILES string of the molecule is NCC1(c2cc(Br)cnc2F)CCCCC1. The molecule has 2 N–H and O–H groups in total. The summed E-state index contributed by atoms with van der Waals surface area (Å²) >= 11 is 3.35. The van der Waals surface area contributed by atoms with Gasteiger partial charge >= 0.3 is 0 Å². The molecule has 0 saturated heterocycles. The third-order valence-corrected chi connectivity index (χ3v) is 4.01. The largest absolute Gasteiger partial charge is 0.330 e. The van der Waals surface area contributed by atoms with Crippen molar-refractivity contribution in [2.45, 2.75) is 37.5 Å². The number of nitrogens with zero attached hydrogens (tertiary/aromatic N) is 1. The minimum absolute atomic E-state index is 0.195. The van der Waals surface area contributed by atoms with Crippen LogP contribution < -0.4 is 5.73 Å². The van der Waals surface area contributed by atoms with E-state index in [0.29, 0.717) is 12.1 Å². The zero-order valence-corrected chi connectivity index (χ0v) is 10.8. The first-order valence-electron chi connectivity index (χ1n) is 5.69. The van der Waals surface area contributed by atoms with Crippen molar-refractivity contribution >= 4 is 15.9 Å². The first kappa shape index (κ1) is 12.0. The minimum Gasteiger partial charge on any atom is -0.330 e. The smallest absolute Gasteiger partial charge is 0.216 e. The molecule has 0 unspecified atom stereocenters. The molecule has 88 valence electrons. The summed E-state index contributed by atoms with van der Waals surface area (Å²) in [6.07, 6.45) is 6.92. The van der Waals surface area contributed by atoms with Crippen molar-refractivity contribution in [2.24, 2.45) is 5.73 Å². The van der Waals surface area contributed by atoms with E-state index < -0.39 is 0 Å². The highest BCUT2D eigenvalue weighted by molar-refractivity contribution is 9.10. The van der Waals surface area contributed by atoms with Crippen LogP contribution in [-0.2, 0) is 5.41 Å². The maximum Gasteiger partial charge on any atom is 0.216 e. The standard InChI is InChI=1S/C12H16BrFN2/c13-9-6-10(11(14)16-7-9)12(8-15)4-2-1-3-5-12/h6-7H,1-5,8,15H2. The third kappa shape index (κ3) is 2.13. The Labute approximate surface area is 104 Å². The van der Waals surface area contributed by atoms with Crippen LogP contribution in [0.15, 0.2) is 16.7 Å². The number of halogens is 2. The van der Waals surface area contributed by atoms with Gasteiger partial charge in [0.1, 0.15) is 0 Å². The van der Waals surface area contributed by atoms with Gasteiger partial charge in [-0.1, -0.05) is 19.3 Å². The van der Waals surface area contributed by atoms with Crippen LogP contribution in [0, 0.1) is 5.95 Å². The van der Waals surface area contributed by atoms with E-state index in [4.69, 9.17) is 5.73 Å². The predicted octanol–water partition coefficient (Wildman–Crippen LogP) is 3.14. The Hall–Kier alpha value is -0.480. The molecule has 0 aromatic carbocycles. The van der Waals surface area contributed by atoms with E-state index in [2.05, 4.69) is 20.9 Å². The van der Waals surface area contributed by atoms with Crippen LogP contribution >= 0.6 is 15.9 Å². The fraction of sp³-hybridized carbons (Fsp3) is 0.583. The van der Waals surface area contributed by atoms with Crippen LogP contribution in [0.25, 0.3) is 0 Å². The molecule has 4 heteroatoms. The fourth-order valence-electron chi connectivity index (χ4n) is 2.61. The van der Waals surface area contributed by atoms with Crippen molar-refractivity contribution < 1.29 is 4.39 Å². The van der Waals surface area contributed by atoms with Crippen molar-refractivity contribution in [2.75, 3.05) is 6.54 Å². The van der Waals surface area contributed by atoms with E-state index in [0.717, 1.165) is 30.2 Å². The molecule has 0 aliphatic heterocycles. The van der Waals surface area contributed by atoms with Crippen LogP contribution in [0.2, 0.25) is 0 Å². The van der Waals surface area contributed by atoms with E-state index in [-0.39, 0.29) is 11.4 Å². The molecule has 0 bridgehead atoms. The number of hydrogen-bond acceptors (Lipinski definition) is 2.